The lowest BCUT2D eigenvalue weighted by molar-refractivity contribution is -0.156. The summed E-state index contributed by atoms with van der Waals surface area (Å²) in [7, 11) is -2.26. The second kappa shape index (κ2) is 13.3. The number of hydrogen-bond donors (Lipinski definition) is 4. The van der Waals surface area contributed by atoms with E-state index < -0.39 is 34.3 Å². The van der Waals surface area contributed by atoms with Gasteiger partial charge in [0, 0.05) is 28.2 Å². The monoisotopic (exact) mass is 560 g/mol. The lowest BCUT2D eigenvalue weighted by atomic mass is 10.1. The Labute approximate surface area is 227 Å². The number of carbonyl (C=O) groups excluding carboxylic acids is 2. The molecule has 1 amide bonds. The molecule has 0 aliphatic rings. The third-order valence-electron chi connectivity index (χ3n) is 4.82. The van der Waals surface area contributed by atoms with Crippen LogP contribution in [0.5, 0.6) is 0 Å². The molecule has 1 unspecified atom stereocenters. The third kappa shape index (κ3) is 8.78. The van der Waals surface area contributed by atoms with Crippen molar-refractivity contribution in [2.45, 2.75) is 50.7 Å². The van der Waals surface area contributed by atoms with Gasteiger partial charge in [-0.2, -0.15) is 4.98 Å². The van der Waals surface area contributed by atoms with Crippen molar-refractivity contribution in [3.63, 3.8) is 0 Å². The van der Waals surface area contributed by atoms with Crippen LogP contribution < -0.4 is 16.4 Å². The highest BCUT2D eigenvalue weighted by Gasteiger charge is 2.22. The highest BCUT2D eigenvalue weighted by atomic mass is 32.2. The van der Waals surface area contributed by atoms with Gasteiger partial charge in [-0.05, 0) is 69.8 Å². The lowest BCUT2D eigenvalue weighted by Gasteiger charge is -2.22. The molecule has 0 bridgehead atoms. The number of esters is 1. The van der Waals surface area contributed by atoms with E-state index in [1.54, 1.807) is 69.5 Å². The number of aromatic nitrogens is 2. The fraction of sp³-hybridized carbons (Fsp3) is 0.360. The molecule has 0 aliphatic heterocycles. The van der Waals surface area contributed by atoms with E-state index in [0.29, 0.717) is 35.3 Å². The molecule has 0 spiro atoms. The largest absolute Gasteiger partial charge is 0.459 e. The number of rotatable bonds is 10. The minimum atomic E-state index is -2.26. The average molecular weight is 561 g/mol. The summed E-state index contributed by atoms with van der Waals surface area (Å²) in [6.45, 7) is 7.59. The number of thiophene rings is 1. The van der Waals surface area contributed by atoms with E-state index in [4.69, 9.17) is 15.2 Å². The lowest BCUT2D eigenvalue weighted by Crippen LogP contribution is -2.38. The van der Waals surface area contributed by atoms with Crippen LogP contribution >= 0.6 is 11.3 Å². The summed E-state index contributed by atoms with van der Waals surface area (Å²) >= 11 is 1.55. The molecule has 0 aliphatic carbocycles. The first-order chi connectivity index (χ1) is 18.1. The molecule has 0 saturated heterocycles. The minimum absolute atomic E-state index is 0.160. The highest BCUT2D eigenvalue weighted by molar-refractivity contribution is 7.75. The molecule has 11 nitrogen and oxygen atoms in total. The molecule has 0 saturated carbocycles. The molecule has 2 aromatic heterocycles. The number of benzene rings is 1. The van der Waals surface area contributed by atoms with E-state index in [0.717, 1.165) is 10.4 Å². The van der Waals surface area contributed by atoms with Crippen LogP contribution in [0.1, 0.15) is 34.1 Å². The van der Waals surface area contributed by atoms with Gasteiger partial charge >= 0.3 is 12.1 Å². The van der Waals surface area contributed by atoms with Crippen LogP contribution in [0.25, 0.3) is 10.4 Å². The van der Waals surface area contributed by atoms with E-state index in [2.05, 4.69) is 25.0 Å². The first kappa shape index (κ1) is 29.0. The standard InChI is InChI=1S/C25H32N6O5S2/c1-5-35-24(33)31-38(34)17-10-8-16(9-11-17)29-23-28-15-18(20-7-6-14-37-20)21(30-23)27-13-12-19(26)22(32)36-25(2,3)4/h6-11,14-15,19,38H,5,12-13,26H2,1-4H3,(H2,27,28,29,30)/t19-/m0/s1. The number of ether oxygens (including phenoxy) is 2. The van der Waals surface area contributed by atoms with Crippen LogP contribution in [0.4, 0.5) is 22.2 Å². The molecular weight excluding hydrogens is 528 g/mol. The number of hydrogen-bond acceptors (Lipinski definition) is 11. The van der Waals surface area contributed by atoms with Crippen LogP contribution in [0.3, 0.4) is 0 Å². The molecule has 204 valence electrons. The number of nitrogens with one attached hydrogen (secondary N) is 2. The second-order valence-electron chi connectivity index (χ2n) is 9.03. The van der Waals surface area contributed by atoms with Gasteiger partial charge in [-0.15, -0.1) is 15.7 Å². The van der Waals surface area contributed by atoms with Gasteiger partial charge in [0.05, 0.1) is 22.8 Å². The molecule has 3 rings (SSSR count). The Morgan fingerprint density at radius 3 is 2.58 bits per heavy atom. The number of nitrogens with two attached hydrogens (primary N) is 1. The number of nitrogens with zero attached hydrogens (tertiary/aromatic N) is 3. The molecule has 1 aromatic carbocycles. The number of carbonyl (C=O) groups is 2. The van der Waals surface area contributed by atoms with E-state index >= 15 is 0 Å². The van der Waals surface area contributed by atoms with Gasteiger partial charge < -0.3 is 25.8 Å². The summed E-state index contributed by atoms with van der Waals surface area (Å²) < 4.78 is 25.8. The minimum Gasteiger partial charge on any atom is -0.459 e. The summed E-state index contributed by atoms with van der Waals surface area (Å²) in [6.07, 6.45) is 1.20. The second-order valence-corrected chi connectivity index (χ2v) is 11.2. The zero-order chi connectivity index (χ0) is 27.7. The quantitative estimate of drug-likeness (QED) is 0.204. The summed E-state index contributed by atoms with van der Waals surface area (Å²) in [5.74, 6) is 0.454. The first-order valence-electron chi connectivity index (χ1n) is 11.9. The molecule has 4 N–H and O–H groups in total. The number of thiol groups is 1. The summed E-state index contributed by atoms with van der Waals surface area (Å²) in [5.41, 5.74) is 6.87. The van der Waals surface area contributed by atoms with Gasteiger partial charge in [0.1, 0.15) is 17.5 Å². The Kier molecular flexibility index (Phi) is 10.2. The van der Waals surface area contributed by atoms with Gasteiger partial charge in [-0.3, -0.25) is 4.79 Å². The predicted molar refractivity (Wildman–Crippen MR) is 149 cm³/mol. The van der Waals surface area contributed by atoms with Crippen molar-refractivity contribution in [2.24, 2.45) is 10.1 Å². The zero-order valence-electron chi connectivity index (χ0n) is 21.6. The fourth-order valence-corrected chi connectivity index (χ4v) is 4.58. The van der Waals surface area contributed by atoms with Crippen molar-refractivity contribution < 1.29 is 23.3 Å². The molecule has 0 radical (unpaired) electrons. The average Bonchev–Trinajstić information content (AvgIpc) is 3.38. The Balaban J connectivity index is 1.72. The van der Waals surface area contributed by atoms with Gasteiger partial charge in [0.2, 0.25) is 5.95 Å². The van der Waals surface area contributed by atoms with Crippen LogP contribution in [0.2, 0.25) is 0 Å². The van der Waals surface area contributed by atoms with Crippen molar-refractivity contribution in [1.82, 2.24) is 9.97 Å². The SMILES string of the molecule is CCOC(=O)N=[SH](=O)c1ccc(Nc2ncc(-c3cccs3)c(NCC[C@H](N)C(=O)OC(C)(C)C)n2)cc1. The maximum absolute atomic E-state index is 12.2. The molecule has 3 aromatic rings. The zero-order valence-corrected chi connectivity index (χ0v) is 23.3. The highest BCUT2D eigenvalue weighted by Crippen LogP contribution is 2.31. The Morgan fingerprint density at radius 1 is 1.21 bits per heavy atom. The van der Waals surface area contributed by atoms with E-state index in [9.17, 15) is 13.8 Å². The van der Waals surface area contributed by atoms with Crippen LogP contribution in [0, 0.1) is 0 Å². The summed E-state index contributed by atoms with van der Waals surface area (Å²) in [5, 5.41) is 8.34. The normalized spacial score (nSPS) is 13.0. The van der Waals surface area contributed by atoms with Gasteiger partial charge in [0.25, 0.3) is 0 Å². The smallest absolute Gasteiger partial charge is 0.441 e. The topological polar surface area (TPSA) is 158 Å². The number of amides is 1. The van der Waals surface area contributed by atoms with Crippen molar-refractivity contribution in [3.8, 4) is 10.4 Å². The first-order valence-corrected chi connectivity index (χ1v) is 14.0. The molecular formula is C25H32N6O5S2. The molecule has 13 heteroatoms. The maximum atomic E-state index is 12.2. The van der Waals surface area contributed by atoms with Crippen LogP contribution in [-0.4, -0.2) is 51.0 Å². The molecule has 2 atom stereocenters. The fourth-order valence-electron chi connectivity index (χ4n) is 3.12. The van der Waals surface area contributed by atoms with Gasteiger partial charge in [-0.1, -0.05) is 6.07 Å². The Bertz CT molecular complexity index is 1320. The van der Waals surface area contributed by atoms with Crippen molar-refractivity contribution in [1.29, 1.82) is 0 Å². The van der Waals surface area contributed by atoms with E-state index in [1.807, 2.05) is 17.5 Å². The number of anilines is 3. The predicted octanol–water partition coefficient (Wildman–Crippen LogP) is 4.60. The Morgan fingerprint density at radius 2 is 1.95 bits per heavy atom. The van der Waals surface area contributed by atoms with Crippen LogP contribution in [0.15, 0.2) is 57.2 Å². The van der Waals surface area contributed by atoms with Crippen molar-refractivity contribution in [3.05, 3.63) is 48.0 Å². The maximum Gasteiger partial charge on any atom is 0.441 e. The summed E-state index contributed by atoms with van der Waals surface area (Å²) in [6, 6.07) is 9.71. The van der Waals surface area contributed by atoms with E-state index in [-0.39, 0.29) is 6.61 Å². The summed E-state index contributed by atoms with van der Waals surface area (Å²) in [4.78, 5) is 34.1. The Hall–Kier alpha value is -3.55. The third-order valence-corrected chi connectivity index (χ3v) is 6.81. The van der Waals surface area contributed by atoms with Crippen molar-refractivity contribution in [2.75, 3.05) is 23.8 Å². The van der Waals surface area contributed by atoms with Crippen molar-refractivity contribution >= 4 is 51.4 Å². The molecule has 38 heavy (non-hydrogen) atoms. The van der Waals surface area contributed by atoms with E-state index in [1.165, 1.54) is 0 Å². The van der Waals surface area contributed by atoms with Gasteiger partial charge in [0.15, 0.2) is 0 Å². The van der Waals surface area contributed by atoms with Crippen LogP contribution in [-0.2, 0) is 24.9 Å². The molecule has 0 fully saturated rings. The molecule has 2 heterocycles. The van der Waals surface area contributed by atoms with Gasteiger partial charge in [-0.25, -0.2) is 14.0 Å².